The van der Waals surface area contributed by atoms with Gasteiger partial charge in [0.2, 0.25) is 5.91 Å². The highest BCUT2D eigenvalue weighted by molar-refractivity contribution is 5.94. The number of carbonyl (C=O) groups is 2. The van der Waals surface area contributed by atoms with Gasteiger partial charge in [-0.05, 0) is 37.0 Å². The lowest BCUT2D eigenvalue weighted by atomic mass is 9.91. The second-order valence-electron chi connectivity index (χ2n) is 6.60. The van der Waals surface area contributed by atoms with E-state index in [1.165, 1.54) is 0 Å². The van der Waals surface area contributed by atoms with Crippen LogP contribution in [0.4, 0.5) is 0 Å². The number of amides is 2. The van der Waals surface area contributed by atoms with Crippen LogP contribution in [-0.2, 0) is 16.1 Å². The van der Waals surface area contributed by atoms with Crippen LogP contribution < -0.4 is 5.32 Å². The second-order valence-corrected chi connectivity index (χ2v) is 6.60. The van der Waals surface area contributed by atoms with Gasteiger partial charge in [0.05, 0.1) is 24.5 Å². The van der Waals surface area contributed by atoms with Crippen LogP contribution in [-0.4, -0.2) is 47.0 Å². The Morgan fingerprint density at radius 3 is 3.04 bits per heavy atom. The monoisotopic (exact) mass is 343 g/mol. The average molecular weight is 343 g/mol. The lowest BCUT2D eigenvalue weighted by Crippen LogP contribution is -2.45. The molecule has 0 saturated carbocycles. The Kier molecular flexibility index (Phi) is 4.31. The van der Waals surface area contributed by atoms with E-state index in [1.807, 2.05) is 11.0 Å². The molecular weight excluding hydrogens is 322 g/mol. The van der Waals surface area contributed by atoms with Gasteiger partial charge in [0.1, 0.15) is 11.9 Å². The summed E-state index contributed by atoms with van der Waals surface area (Å²) in [6.07, 6.45) is 6.07. The zero-order valence-corrected chi connectivity index (χ0v) is 13.8. The van der Waals surface area contributed by atoms with Crippen LogP contribution in [0.2, 0.25) is 0 Å². The van der Waals surface area contributed by atoms with Gasteiger partial charge < -0.3 is 24.4 Å². The Hall–Kier alpha value is -2.54. The van der Waals surface area contributed by atoms with Crippen molar-refractivity contribution in [3.63, 3.8) is 0 Å². The number of likely N-dealkylation sites (tertiary alicyclic amines) is 1. The summed E-state index contributed by atoms with van der Waals surface area (Å²) in [4.78, 5) is 29.5. The Morgan fingerprint density at radius 2 is 2.28 bits per heavy atom. The van der Waals surface area contributed by atoms with E-state index in [-0.39, 0.29) is 17.9 Å². The first-order valence-electron chi connectivity index (χ1n) is 8.58. The minimum Gasteiger partial charge on any atom is -0.467 e. The Labute approximate surface area is 145 Å². The SMILES string of the molecule is O=C(NCc1ccco1)[C@@H]1C[C@H]2CCN(C(=O)c3cc[nH]c3)C[C@@H]2O1. The predicted octanol–water partition coefficient (Wildman–Crippen LogP) is 1.54. The number of aromatic amines is 1. The fraction of sp³-hybridized carbons (Fsp3) is 0.444. The maximum atomic E-state index is 12.5. The smallest absolute Gasteiger partial charge is 0.255 e. The van der Waals surface area contributed by atoms with Gasteiger partial charge in [0.15, 0.2) is 0 Å². The Morgan fingerprint density at radius 1 is 1.36 bits per heavy atom. The summed E-state index contributed by atoms with van der Waals surface area (Å²) in [5.41, 5.74) is 0.657. The van der Waals surface area contributed by atoms with Crippen LogP contribution in [0.1, 0.15) is 29.0 Å². The molecular formula is C18H21N3O4. The average Bonchev–Trinajstić information content (AvgIpc) is 3.39. The van der Waals surface area contributed by atoms with E-state index < -0.39 is 6.10 Å². The molecule has 2 saturated heterocycles. The quantitative estimate of drug-likeness (QED) is 0.882. The lowest BCUT2D eigenvalue weighted by molar-refractivity contribution is -0.132. The molecule has 2 aliphatic heterocycles. The van der Waals surface area contributed by atoms with E-state index in [1.54, 1.807) is 30.8 Å². The van der Waals surface area contributed by atoms with Crippen molar-refractivity contribution in [1.29, 1.82) is 0 Å². The number of ether oxygens (including phenoxy) is 1. The van der Waals surface area contributed by atoms with Crippen molar-refractivity contribution >= 4 is 11.8 Å². The van der Waals surface area contributed by atoms with Gasteiger partial charge in [0.25, 0.3) is 5.91 Å². The highest BCUT2D eigenvalue weighted by Gasteiger charge is 2.42. The van der Waals surface area contributed by atoms with Gasteiger partial charge in [-0.2, -0.15) is 0 Å². The Balaban J connectivity index is 1.32. The highest BCUT2D eigenvalue weighted by Crippen LogP contribution is 2.33. The summed E-state index contributed by atoms with van der Waals surface area (Å²) < 4.78 is 11.2. The van der Waals surface area contributed by atoms with Crippen molar-refractivity contribution in [3.8, 4) is 0 Å². The summed E-state index contributed by atoms with van der Waals surface area (Å²) >= 11 is 0. The second kappa shape index (κ2) is 6.76. The number of fused-ring (bicyclic) bond motifs is 1. The van der Waals surface area contributed by atoms with E-state index in [0.717, 1.165) is 6.42 Å². The largest absolute Gasteiger partial charge is 0.467 e. The minimum atomic E-state index is -0.452. The maximum Gasteiger partial charge on any atom is 0.255 e. The topological polar surface area (TPSA) is 87.6 Å². The summed E-state index contributed by atoms with van der Waals surface area (Å²) in [7, 11) is 0. The van der Waals surface area contributed by atoms with Crippen LogP contribution >= 0.6 is 0 Å². The zero-order chi connectivity index (χ0) is 17.2. The highest BCUT2D eigenvalue weighted by atomic mass is 16.5. The van der Waals surface area contributed by atoms with Crippen LogP contribution in [0.5, 0.6) is 0 Å². The van der Waals surface area contributed by atoms with Gasteiger partial charge in [-0.25, -0.2) is 0 Å². The number of furan rings is 1. The van der Waals surface area contributed by atoms with Gasteiger partial charge in [-0.3, -0.25) is 9.59 Å². The van der Waals surface area contributed by atoms with Crippen LogP contribution in [0.25, 0.3) is 0 Å². The first kappa shape index (κ1) is 16.0. The number of nitrogens with one attached hydrogen (secondary N) is 2. The molecule has 2 aromatic heterocycles. The lowest BCUT2D eigenvalue weighted by Gasteiger charge is -2.33. The molecule has 2 aromatic rings. The third-order valence-electron chi connectivity index (χ3n) is 4.99. The molecule has 0 spiro atoms. The number of carbonyl (C=O) groups excluding carboxylic acids is 2. The molecule has 2 fully saturated rings. The maximum absolute atomic E-state index is 12.5. The first-order valence-corrected chi connectivity index (χ1v) is 8.58. The molecule has 4 heterocycles. The first-order chi connectivity index (χ1) is 12.2. The number of piperidine rings is 1. The molecule has 0 bridgehead atoms. The molecule has 2 N–H and O–H groups in total. The van der Waals surface area contributed by atoms with Crippen molar-refractivity contribution in [2.75, 3.05) is 13.1 Å². The number of hydrogen-bond donors (Lipinski definition) is 2. The predicted molar refractivity (Wildman–Crippen MR) is 88.6 cm³/mol. The van der Waals surface area contributed by atoms with Crippen molar-refractivity contribution in [2.24, 2.45) is 5.92 Å². The summed E-state index contributed by atoms with van der Waals surface area (Å²) in [6, 6.07) is 5.38. The summed E-state index contributed by atoms with van der Waals surface area (Å²) in [5, 5.41) is 2.85. The molecule has 0 aliphatic carbocycles. The summed E-state index contributed by atoms with van der Waals surface area (Å²) in [5.74, 6) is 0.935. The number of hydrogen-bond acceptors (Lipinski definition) is 4. The van der Waals surface area contributed by atoms with Gasteiger partial charge >= 0.3 is 0 Å². The molecule has 2 amide bonds. The number of nitrogens with zero attached hydrogens (tertiary/aromatic N) is 1. The van der Waals surface area contributed by atoms with Crippen molar-refractivity contribution < 1.29 is 18.7 Å². The number of rotatable bonds is 4. The van der Waals surface area contributed by atoms with E-state index in [4.69, 9.17) is 9.15 Å². The Bertz CT molecular complexity index is 726. The van der Waals surface area contributed by atoms with E-state index in [9.17, 15) is 9.59 Å². The molecule has 132 valence electrons. The van der Waals surface area contributed by atoms with Crippen molar-refractivity contribution in [1.82, 2.24) is 15.2 Å². The molecule has 7 nitrogen and oxygen atoms in total. The van der Waals surface area contributed by atoms with Gasteiger partial charge in [-0.15, -0.1) is 0 Å². The van der Waals surface area contributed by atoms with E-state index in [0.29, 0.717) is 43.3 Å². The number of aromatic nitrogens is 1. The number of H-pyrrole nitrogens is 1. The molecule has 3 atom stereocenters. The van der Waals surface area contributed by atoms with Gasteiger partial charge in [-0.1, -0.05) is 0 Å². The van der Waals surface area contributed by atoms with E-state index >= 15 is 0 Å². The fourth-order valence-electron chi connectivity index (χ4n) is 3.62. The van der Waals surface area contributed by atoms with Crippen LogP contribution in [0.3, 0.4) is 0 Å². The molecule has 25 heavy (non-hydrogen) atoms. The van der Waals surface area contributed by atoms with Crippen molar-refractivity contribution in [2.45, 2.75) is 31.6 Å². The molecule has 7 heteroatoms. The van der Waals surface area contributed by atoms with E-state index in [2.05, 4.69) is 10.3 Å². The van der Waals surface area contributed by atoms with Crippen molar-refractivity contribution in [3.05, 3.63) is 48.2 Å². The molecule has 4 rings (SSSR count). The zero-order valence-electron chi connectivity index (χ0n) is 13.8. The van der Waals surface area contributed by atoms with Gasteiger partial charge in [0, 0.05) is 25.5 Å². The normalized spacial score (nSPS) is 25.6. The standard InChI is InChI=1S/C18H21N3O4/c22-17(20-10-14-2-1-7-24-14)15-8-12-4-6-21(11-16(12)25-15)18(23)13-3-5-19-9-13/h1-3,5,7,9,12,15-16,19H,4,6,8,10-11H2,(H,20,22)/t12-,15+,16+/m1/s1. The van der Waals surface area contributed by atoms with Crippen LogP contribution in [0.15, 0.2) is 41.3 Å². The van der Waals surface area contributed by atoms with Crippen LogP contribution in [0, 0.1) is 5.92 Å². The molecule has 0 unspecified atom stereocenters. The molecule has 2 aliphatic rings. The molecule has 0 radical (unpaired) electrons. The third kappa shape index (κ3) is 3.32. The summed E-state index contributed by atoms with van der Waals surface area (Å²) in [6.45, 7) is 1.60. The fourth-order valence-corrected chi connectivity index (χ4v) is 3.62. The minimum absolute atomic E-state index is 0.00835. The molecule has 0 aromatic carbocycles. The third-order valence-corrected chi connectivity index (χ3v) is 4.99.